The second kappa shape index (κ2) is 5.55. The van der Waals surface area contributed by atoms with Crippen LogP contribution in [0, 0.1) is 10.1 Å². The lowest BCUT2D eigenvalue weighted by atomic mass is 10.3. The predicted molar refractivity (Wildman–Crippen MR) is 60.3 cm³/mol. The molecule has 0 atom stereocenters. The van der Waals surface area contributed by atoms with Gasteiger partial charge >= 0.3 is 0 Å². The molecule has 106 valence electrons. The average Bonchev–Trinajstić information content (AvgIpc) is 2.37. The Morgan fingerprint density at radius 2 is 1.84 bits per heavy atom. The molecule has 7 nitrogen and oxygen atoms in total. The molecule has 10 heteroatoms. The smallest absolute Gasteiger partial charge is 0.283 e. The fourth-order valence-electron chi connectivity index (χ4n) is 1.09. The molecule has 0 unspecified atom stereocenters. The van der Waals surface area contributed by atoms with E-state index in [4.69, 9.17) is 5.11 Å². The van der Waals surface area contributed by atoms with Crippen molar-refractivity contribution in [1.29, 1.82) is 0 Å². The minimum atomic E-state index is -4.21. The van der Waals surface area contributed by atoms with Gasteiger partial charge in [0.2, 0.25) is 10.0 Å². The molecule has 1 aromatic rings. The molecule has 0 heterocycles. The van der Waals surface area contributed by atoms with Gasteiger partial charge in [-0.2, -0.15) is 0 Å². The van der Waals surface area contributed by atoms with Crippen LogP contribution in [0.25, 0.3) is 0 Å². The van der Waals surface area contributed by atoms with Crippen molar-refractivity contribution in [3.05, 3.63) is 34.4 Å². The summed E-state index contributed by atoms with van der Waals surface area (Å²) in [5.74, 6) is -3.58. The Morgan fingerprint density at radius 3 is 2.26 bits per heavy atom. The van der Waals surface area contributed by atoms with Gasteiger partial charge < -0.3 is 5.11 Å². The number of non-ortho nitro benzene ring substituents is 1. The van der Waals surface area contributed by atoms with Crippen molar-refractivity contribution in [3.8, 4) is 0 Å². The van der Waals surface area contributed by atoms with E-state index < -0.39 is 34.0 Å². The summed E-state index contributed by atoms with van der Waals surface area (Å²) in [4.78, 5) is 9.27. The summed E-state index contributed by atoms with van der Waals surface area (Å²) >= 11 is 0. The maximum absolute atomic E-state index is 12.7. The normalized spacial score (nSPS) is 12.4. The summed E-state index contributed by atoms with van der Waals surface area (Å²) < 4.78 is 50.2. The van der Waals surface area contributed by atoms with E-state index in [2.05, 4.69) is 0 Å². The van der Waals surface area contributed by atoms with E-state index in [0.717, 1.165) is 24.3 Å². The summed E-state index contributed by atoms with van der Waals surface area (Å²) in [7, 11) is -4.21. The van der Waals surface area contributed by atoms with E-state index in [9.17, 15) is 27.3 Å². The molecule has 0 spiro atoms. The molecule has 0 aliphatic heterocycles. The first kappa shape index (κ1) is 15.4. The van der Waals surface area contributed by atoms with Crippen molar-refractivity contribution < 1.29 is 27.2 Å². The number of nitrogens with one attached hydrogen (secondary N) is 1. The third-order valence-electron chi connectivity index (χ3n) is 2.11. The Balaban J connectivity index is 2.86. The van der Waals surface area contributed by atoms with Gasteiger partial charge in [0.15, 0.2) is 0 Å². The highest BCUT2D eigenvalue weighted by Gasteiger charge is 2.30. The molecule has 1 rings (SSSR count). The Hall–Kier alpha value is -1.65. The van der Waals surface area contributed by atoms with Gasteiger partial charge in [0.1, 0.15) is 6.61 Å². The van der Waals surface area contributed by atoms with Crippen LogP contribution in [0.4, 0.5) is 14.5 Å². The van der Waals surface area contributed by atoms with Gasteiger partial charge in [0.25, 0.3) is 11.6 Å². The van der Waals surface area contributed by atoms with Crippen molar-refractivity contribution in [2.75, 3.05) is 13.2 Å². The number of alkyl halides is 2. The second-order valence-corrected chi connectivity index (χ2v) is 5.36. The highest BCUT2D eigenvalue weighted by Crippen LogP contribution is 2.17. The van der Waals surface area contributed by atoms with E-state index in [1.807, 2.05) is 0 Å². The van der Waals surface area contributed by atoms with Crippen LogP contribution in [0.1, 0.15) is 0 Å². The first-order valence-corrected chi connectivity index (χ1v) is 6.39. The summed E-state index contributed by atoms with van der Waals surface area (Å²) in [6.45, 7) is -2.75. The number of hydrogen-bond acceptors (Lipinski definition) is 5. The minimum Gasteiger partial charge on any atom is -0.390 e. The number of benzene rings is 1. The molecule has 1 aromatic carbocycles. The van der Waals surface area contributed by atoms with Gasteiger partial charge in [-0.1, -0.05) is 0 Å². The zero-order chi connectivity index (χ0) is 14.7. The molecule has 0 aromatic heterocycles. The molecule has 0 aliphatic rings. The molecule has 0 bridgehead atoms. The van der Waals surface area contributed by atoms with Crippen LogP contribution in [-0.4, -0.2) is 37.5 Å². The average molecular weight is 296 g/mol. The number of nitro benzene ring substituents is 1. The molecule has 0 aliphatic carbocycles. The maximum Gasteiger partial charge on any atom is 0.283 e. The van der Waals surface area contributed by atoms with Gasteiger partial charge in [0.05, 0.1) is 16.4 Å². The number of hydrogen-bond donors (Lipinski definition) is 2. The first-order valence-electron chi connectivity index (χ1n) is 4.91. The molecule has 0 amide bonds. The van der Waals surface area contributed by atoms with Crippen molar-refractivity contribution in [2.24, 2.45) is 0 Å². The van der Waals surface area contributed by atoms with E-state index in [1.165, 1.54) is 0 Å². The van der Waals surface area contributed by atoms with E-state index in [1.54, 1.807) is 4.72 Å². The molecule has 0 fully saturated rings. The molecular formula is C9H10F2N2O5S. The molecule has 0 saturated heterocycles. The largest absolute Gasteiger partial charge is 0.390 e. The zero-order valence-electron chi connectivity index (χ0n) is 9.42. The third-order valence-corrected chi connectivity index (χ3v) is 3.53. The standard InChI is InChI=1S/C9H10F2N2O5S/c10-9(11,6-14)5-12-19(17,18)8-3-1-7(2-4-8)13(15)16/h1-4,12,14H,5-6H2. The Morgan fingerprint density at radius 1 is 1.32 bits per heavy atom. The minimum absolute atomic E-state index is 0.320. The number of nitrogens with zero attached hydrogens (tertiary/aromatic N) is 1. The molecular weight excluding hydrogens is 286 g/mol. The highest BCUT2D eigenvalue weighted by molar-refractivity contribution is 7.89. The zero-order valence-corrected chi connectivity index (χ0v) is 10.2. The Bertz CT molecular complexity index is 558. The Kier molecular flexibility index (Phi) is 4.50. The van der Waals surface area contributed by atoms with E-state index in [-0.39, 0.29) is 10.6 Å². The van der Waals surface area contributed by atoms with Crippen molar-refractivity contribution >= 4 is 15.7 Å². The van der Waals surface area contributed by atoms with Crippen LogP contribution < -0.4 is 4.72 Å². The van der Waals surface area contributed by atoms with Crippen LogP contribution in [0.5, 0.6) is 0 Å². The van der Waals surface area contributed by atoms with Crippen molar-refractivity contribution in [1.82, 2.24) is 4.72 Å². The van der Waals surface area contributed by atoms with Gasteiger partial charge in [-0.3, -0.25) is 10.1 Å². The SMILES string of the molecule is O=[N+]([O-])c1ccc(S(=O)(=O)NCC(F)(F)CO)cc1. The molecule has 0 saturated carbocycles. The van der Waals surface area contributed by atoms with Crippen LogP contribution in [-0.2, 0) is 10.0 Å². The first-order chi connectivity index (χ1) is 8.68. The van der Waals surface area contributed by atoms with Gasteiger partial charge in [-0.05, 0) is 12.1 Å². The Labute approximate surface area is 107 Å². The van der Waals surface area contributed by atoms with Crippen LogP contribution in [0.3, 0.4) is 0 Å². The fourth-order valence-corrected chi connectivity index (χ4v) is 2.15. The lowest BCUT2D eigenvalue weighted by Gasteiger charge is -2.14. The van der Waals surface area contributed by atoms with Crippen LogP contribution in [0.15, 0.2) is 29.2 Å². The summed E-state index contributed by atoms with van der Waals surface area (Å²) in [5, 5.41) is 18.7. The quantitative estimate of drug-likeness (QED) is 0.587. The number of nitro groups is 1. The number of aliphatic hydroxyl groups is 1. The van der Waals surface area contributed by atoms with Gasteiger partial charge in [-0.15, -0.1) is 0 Å². The lowest BCUT2D eigenvalue weighted by molar-refractivity contribution is -0.384. The van der Waals surface area contributed by atoms with Crippen LogP contribution in [0.2, 0.25) is 0 Å². The topological polar surface area (TPSA) is 110 Å². The summed E-state index contributed by atoms with van der Waals surface area (Å²) in [5.41, 5.74) is -0.320. The van der Waals surface area contributed by atoms with E-state index in [0.29, 0.717) is 0 Å². The monoisotopic (exact) mass is 296 g/mol. The number of halogens is 2. The maximum atomic E-state index is 12.7. The summed E-state index contributed by atoms with van der Waals surface area (Å²) in [6, 6.07) is 3.74. The van der Waals surface area contributed by atoms with Gasteiger partial charge in [-0.25, -0.2) is 21.9 Å². The van der Waals surface area contributed by atoms with Crippen LogP contribution >= 0.6 is 0 Å². The number of sulfonamides is 1. The molecule has 19 heavy (non-hydrogen) atoms. The highest BCUT2D eigenvalue weighted by atomic mass is 32.2. The third kappa shape index (κ3) is 4.19. The second-order valence-electron chi connectivity index (χ2n) is 3.59. The number of rotatable bonds is 6. The molecule has 0 radical (unpaired) electrons. The summed E-state index contributed by atoms with van der Waals surface area (Å²) in [6.07, 6.45) is 0. The predicted octanol–water partition coefficient (Wildman–Crippen LogP) is 0.501. The lowest BCUT2D eigenvalue weighted by Crippen LogP contribution is -2.38. The van der Waals surface area contributed by atoms with Gasteiger partial charge in [0, 0.05) is 12.1 Å². The van der Waals surface area contributed by atoms with E-state index >= 15 is 0 Å². The van der Waals surface area contributed by atoms with Crippen molar-refractivity contribution in [2.45, 2.75) is 10.8 Å². The van der Waals surface area contributed by atoms with Crippen molar-refractivity contribution in [3.63, 3.8) is 0 Å². The molecule has 2 N–H and O–H groups in total. The fraction of sp³-hybridized carbons (Fsp3) is 0.333. The number of aliphatic hydroxyl groups excluding tert-OH is 1.